The molecule has 3 aromatic rings. The maximum absolute atomic E-state index is 4.56. The zero-order valence-corrected chi connectivity index (χ0v) is 10.7. The Morgan fingerprint density at radius 1 is 0.737 bits per heavy atom. The zero-order chi connectivity index (χ0) is 13.1. The first-order valence-corrected chi connectivity index (χ1v) is 6.28. The molecule has 0 aliphatic heterocycles. The molecule has 2 nitrogen and oxygen atoms in total. The minimum atomic E-state index is 0.983. The fourth-order valence-electron chi connectivity index (χ4n) is 2.08. The van der Waals surface area contributed by atoms with Crippen molar-refractivity contribution in [2.24, 2.45) is 0 Å². The summed E-state index contributed by atoms with van der Waals surface area (Å²) in [6.07, 6.45) is 1.81. The fourth-order valence-corrected chi connectivity index (χ4v) is 2.08. The Morgan fingerprint density at radius 3 is 2.21 bits per heavy atom. The molecule has 0 amide bonds. The van der Waals surface area contributed by atoms with Crippen molar-refractivity contribution in [2.45, 2.75) is 6.92 Å². The van der Waals surface area contributed by atoms with Gasteiger partial charge in [0, 0.05) is 23.0 Å². The molecule has 2 heteroatoms. The molecule has 0 fully saturated rings. The van der Waals surface area contributed by atoms with Gasteiger partial charge in [-0.25, -0.2) is 0 Å². The van der Waals surface area contributed by atoms with Gasteiger partial charge in [-0.15, -0.1) is 0 Å². The molecule has 0 spiro atoms. The highest BCUT2D eigenvalue weighted by atomic mass is 14.7. The second kappa shape index (κ2) is 5.02. The summed E-state index contributed by atoms with van der Waals surface area (Å²) in [4.78, 5) is 8.94. The van der Waals surface area contributed by atoms with Crippen molar-refractivity contribution < 1.29 is 0 Å². The van der Waals surface area contributed by atoms with E-state index in [9.17, 15) is 0 Å². The first-order valence-electron chi connectivity index (χ1n) is 6.28. The van der Waals surface area contributed by atoms with Gasteiger partial charge in [0.1, 0.15) is 0 Å². The van der Waals surface area contributed by atoms with Crippen molar-refractivity contribution in [1.29, 1.82) is 0 Å². The van der Waals surface area contributed by atoms with Crippen molar-refractivity contribution in [1.82, 2.24) is 9.97 Å². The van der Waals surface area contributed by atoms with Crippen LogP contribution in [0.3, 0.4) is 0 Å². The van der Waals surface area contributed by atoms with E-state index in [0.29, 0.717) is 0 Å². The van der Waals surface area contributed by atoms with Crippen molar-refractivity contribution in [3.8, 4) is 22.5 Å². The van der Waals surface area contributed by atoms with Crippen LogP contribution >= 0.6 is 0 Å². The summed E-state index contributed by atoms with van der Waals surface area (Å²) in [6, 6.07) is 20.3. The average molecular weight is 246 g/mol. The number of hydrogen-bond donors (Lipinski definition) is 0. The predicted octanol–water partition coefficient (Wildman–Crippen LogP) is 4.12. The molecule has 2 heterocycles. The van der Waals surface area contributed by atoms with E-state index in [1.807, 2.05) is 55.6 Å². The molecule has 0 aliphatic rings. The summed E-state index contributed by atoms with van der Waals surface area (Å²) in [5, 5.41) is 0. The van der Waals surface area contributed by atoms with E-state index >= 15 is 0 Å². The Hall–Kier alpha value is -2.48. The van der Waals surface area contributed by atoms with E-state index in [1.165, 1.54) is 0 Å². The Bertz CT molecular complexity index is 690. The molecular weight excluding hydrogens is 232 g/mol. The van der Waals surface area contributed by atoms with Crippen molar-refractivity contribution in [3.05, 3.63) is 72.6 Å². The number of rotatable bonds is 2. The number of pyridine rings is 2. The van der Waals surface area contributed by atoms with Gasteiger partial charge in [0.15, 0.2) is 0 Å². The third-order valence-electron chi connectivity index (χ3n) is 3.01. The summed E-state index contributed by atoms with van der Waals surface area (Å²) in [5.74, 6) is 0. The van der Waals surface area contributed by atoms with Gasteiger partial charge >= 0.3 is 0 Å². The van der Waals surface area contributed by atoms with Crippen LogP contribution in [0.25, 0.3) is 22.5 Å². The van der Waals surface area contributed by atoms with E-state index in [2.05, 4.69) is 28.2 Å². The SMILES string of the molecule is Cc1cccc(-c2cccc(-c3ccccn3)c2)n1. The van der Waals surface area contributed by atoms with Gasteiger partial charge in [0.05, 0.1) is 11.4 Å². The summed E-state index contributed by atoms with van der Waals surface area (Å²) in [5.41, 5.74) is 5.24. The molecule has 0 aliphatic carbocycles. The minimum Gasteiger partial charge on any atom is -0.256 e. The summed E-state index contributed by atoms with van der Waals surface area (Å²) in [6.45, 7) is 2.01. The van der Waals surface area contributed by atoms with E-state index in [4.69, 9.17) is 0 Å². The summed E-state index contributed by atoms with van der Waals surface area (Å²) in [7, 11) is 0. The lowest BCUT2D eigenvalue weighted by molar-refractivity contribution is 1.20. The number of aryl methyl sites for hydroxylation is 1. The maximum atomic E-state index is 4.56. The summed E-state index contributed by atoms with van der Waals surface area (Å²) >= 11 is 0. The predicted molar refractivity (Wildman–Crippen MR) is 77.6 cm³/mol. The molecule has 0 saturated heterocycles. The Labute approximate surface area is 112 Å². The fraction of sp³-hybridized carbons (Fsp3) is 0.0588. The second-order valence-electron chi connectivity index (χ2n) is 4.46. The highest BCUT2D eigenvalue weighted by Crippen LogP contribution is 2.23. The molecule has 0 atom stereocenters. The van der Waals surface area contributed by atoms with Crippen LogP contribution in [-0.4, -0.2) is 9.97 Å². The topological polar surface area (TPSA) is 25.8 Å². The van der Waals surface area contributed by atoms with Gasteiger partial charge in [0.2, 0.25) is 0 Å². The van der Waals surface area contributed by atoms with Crippen molar-refractivity contribution in [3.63, 3.8) is 0 Å². The molecule has 19 heavy (non-hydrogen) atoms. The largest absolute Gasteiger partial charge is 0.256 e. The molecule has 0 saturated carbocycles. The molecule has 2 aromatic heterocycles. The Morgan fingerprint density at radius 2 is 1.47 bits per heavy atom. The lowest BCUT2D eigenvalue weighted by Crippen LogP contribution is -1.87. The highest BCUT2D eigenvalue weighted by Gasteiger charge is 2.03. The normalized spacial score (nSPS) is 10.4. The highest BCUT2D eigenvalue weighted by molar-refractivity contribution is 5.69. The standard InChI is InChI=1S/C17H14N2/c1-13-6-4-10-17(19-13)15-8-5-7-14(12-15)16-9-2-3-11-18-16/h2-12H,1H3. The van der Waals surface area contributed by atoms with E-state index in [0.717, 1.165) is 28.2 Å². The lowest BCUT2D eigenvalue weighted by Gasteiger charge is -2.05. The first-order chi connectivity index (χ1) is 9.33. The van der Waals surface area contributed by atoms with Crippen LogP contribution in [0.5, 0.6) is 0 Å². The van der Waals surface area contributed by atoms with Crippen LogP contribution in [0.1, 0.15) is 5.69 Å². The average Bonchev–Trinajstić information content (AvgIpc) is 2.48. The molecule has 92 valence electrons. The van der Waals surface area contributed by atoms with E-state index in [1.54, 1.807) is 0 Å². The molecule has 1 aromatic carbocycles. The Balaban J connectivity index is 2.06. The molecule has 0 N–H and O–H groups in total. The Kier molecular flexibility index (Phi) is 3.07. The summed E-state index contributed by atoms with van der Waals surface area (Å²) < 4.78 is 0. The van der Waals surface area contributed by atoms with E-state index in [-0.39, 0.29) is 0 Å². The smallest absolute Gasteiger partial charge is 0.0705 e. The van der Waals surface area contributed by atoms with Gasteiger partial charge in [-0.3, -0.25) is 9.97 Å². The molecule has 0 radical (unpaired) electrons. The van der Waals surface area contributed by atoms with Crippen LogP contribution in [0.4, 0.5) is 0 Å². The second-order valence-corrected chi connectivity index (χ2v) is 4.46. The molecular formula is C17H14N2. The van der Waals surface area contributed by atoms with Gasteiger partial charge < -0.3 is 0 Å². The minimum absolute atomic E-state index is 0.983. The van der Waals surface area contributed by atoms with Crippen molar-refractivity contribution >= 4 is 0 Å². The van der Waals surface area contributed by atoms with Crippen LogP contribution in [0.15, 0.2) is 66.9 Å². The molecule has 3 rings (SSSR count). The van der Waals surface area contributed by atoms with Crippen LogP contribution in [-0.2, 0) is 0 Å². The van der Waals surface area contributed by atoms with Crippen LogP contribution in [0.2, 0.25) is 0 Å². The first kappa shape index (κ1) is 11.6. The van der Waals surface area contributed by atoms with Crippen molar-refractivity contribution in [2.75, 3.05) is 0 Å². The van der Waals surface area contributed by atoms with E-state index < -0.39 is 0 Å². The monoisotopic (exact) mass is 246 g/mol. The zero-order valence-electron chi connectivity index (χ0n) is 10.7. The number of benzene rings is 1. The molecule has 0 unspecified atom stereocenters. The van der Waals surface area contributed by atoms with Crippen LogP contribution in [0, 0.1) is 6.92 Å². The van der Waals surface area contributed by atoms with Gasteiger partial charge in [-0.2, -0.15) is 0 Å². The van der Waals surface area contributed by atoms with Gasteiger partial charge in [-0.1, -0.05) is 30.3 Å². The third kappa shape index (κ3) is 2.52. The quantitative estimate of drug-likeness (QED) is 0.679. The van der Waals surface area contributed by atoms with Gasteiger partial charge in [-0.05, 0) is 37.3 Å². The van der Waals surface area contributed by atoms with Gasteiger partial charge in [0.25, 0.3) is 0 Å². The number of hydrogen-bond acceptors (Lipinski definition) is 2. The lowest BCUT2D eigenvalue weighted by atomic mass is 10.0. The third-order valence-corrected chi connectivity index (χ3v) is 3.01. The maximum Gasteiger partial charge on any atom is 0.0705 e. The molecule has 0 bridgehead atoms. The number of nitrogens with zero attached hydrogens (tertiary/aromatic N) is 2. The number of aromatic nitrogens is 2. The van der Waals surface area contributed by atoms with Crippen LogP contribution < -0.4 is 0 Å².